The van der Waals surface area contributed by atoms with Crippen LogP contribution in [-0.2, 0) is 28.6 Å². The minimum atomic E-state index is -1.07. The predicted molar refractivity (Wildman–Crippen MR) is 173 cm³/mol. The Balaban J connectivity index is 1.41. The lowest BCUT2D eigenvalue weighted by Crippen LogP contribution is -2.63. The van der Waals surface area contributed by atoms with Crippen LogP contribution >= 0.6 is 0 Å². The maximum absolute atomic E-state index is 14.0. The van der Waals surface area contributed by atoms with Gasteiger partial charge in [-0.25, -0.2) is 0 Å². The largest absolute Gasteiger partial charge is 0.469 e. The van der Waals surface area contributed by atoms with Gasteiger partial charge in [-0.1, -0.05) is 43.5 Å². The van der Waals surface area contributed by atoms with Crippen LogP contribution in [0.25, 0.3) is 11.3 Å². The summed E-state index contributed by atoms with van der Waals surface area (Å²) in [7, 11) is 2.71. The second-order valence-corrected chi connectivity index (χ2v) is 13.8. The van der Waals surface area contributed by atoms with E-state index in [1.54, 1.807) is 24.5 Å². The molecule has 47 heavy (non-hydrogen) atoms. The van der Waals surface area contributed by atoms with E-state index in [0.717, 1.165) is 22.3 Å². The molecular weight excluding hydrogens is 598 g/mol. The zero-order valence-corrected chi connectivity index (χ0v) is 27.7. The second-order valence-electron chi connectivity index (χ2n) is 13.8. The number of benzene rings is 1. The number of furan rings is 1. The van der Waals surface area contributed by atoms with Gasteiger partial charge in [-0.3, -0.25) is 19.2 Å². The van der Waals surface area contributed by atoms with Crippen molar-refractivity contribution in [1.29, 1.82) is 0 Å². The third-order valence-corrected chi connectivity index (χ3v) is 11.8. The molecule has 1 aliphatic heterocycles. The van der Waals surface area contributed by atoms with Gasteiger partial charge in [-0.05, 0) is 68.4 Å². The third kappa shape index (κ3) is 4.71. The van der Waals surface area contributed by atoms with Gasteiger partial charge in [0, 0.05) is 33.4 Å². The zero-order chi connectivity index (χ0) is 33.9. The third-order valence-electron chi connectivity index (χ3n) is 11.8. The van der Waals surface area contributed by atoms with Gasteiger partial charge in [-0.2, -0.15) is 0 Å². The first kappa shape index (κ1) is 32.5. The van der Waals surface area contributed by atoms with Crippen LogP contribution in [-0.4, -0.2) is 56.6 Å². The molecule has 246 valence electrons. The van der Waals surface area contributed by atoms with Crippen molar-refractivity contribution >= 4 is 23.6 Å². The minimum Gasteiger partial charge on any atom is -0.469 e. The van der Waals surface area contributed by atoms with Crippen molar-refractivity contribution in [1.82, 2.24) is 5.32 Å². The number of esters is 2. The standard InChI is InChI=1S/C38H41NO8/c1-8-16-39-34(42)23-11-9-22(10-12-23)33-24(14-17-46-33)25-18-26-32(21(25)2)38(5)28(20-31(41)44-6)37(4)27(19-30(38)47-26)36(3,35(43)45-7)15-13-29(37)40/h1,9-15,17,25-28,30H,16,18-20H2,2-7H3,(H,39,42)/t25-,26-,27+,28-,30-,36-,37+,38+/m1/s1. The SMILES string of the molecule is C#CCNC(=O)c1ccc(-c2occc2[C@@H]2C[C@H]3O[C@@H]4C[C@@H]5[C@](C)(C(=O)C=C[C@@]5(C)C(=O)OC)[C@@H](CC(=O)OC)[C@]4(C)C3=C2C)cc1. The van der Waals surface area contributed by atoms with Gasteiger partial charge in [0.05, 0.1) is 51.1 Å². The van der Waals surface area contributed by atoms with E-state index in [1.165, 1.54) is 20.3 Å². The number of allylic oxidation sites excluding steroid dienone is 2. The Bertz CT molecular complexity index is 1740. The van der Waals surface area contributed by atoms with Crippen LogP contribution in [0.3, 0.4) is 0 Å². The first-order chi connectivity index (χ1) is 22.4. The lowest BCUT2D eigenvalue weighted by molar-refractivity contribution is -0.181. The summed E-state index contributed by atoms with van der Waals surface area (Å²) in [5.74, 6) is 0.938. The summed E-state index contributed by atoms with van der Waals surface area (Å²) >= 11 is 0. The van der Waals surface area contributed by atoms with Gasteiger partial charge >= 0.3 is 11.9 Å². The molecule has 1 aromatic carbocycles. The number of rotatable bonds is 7. The molecule has 6 rings (SSSR count). The molecule has 1 N–H and O–H groups in total. The summed E-state index contributed by atoms with van der Waals surface area (Å²) < 4.78 is 23.4. The number of nitrogens with one attached hydrogen (secondary N) is 1. The lowest BCUT2D eigenvalue weighted by Gasteiger charge is -2.60. The Morgan fingerprint density at radius 1 is 1.04 bits per heavy atom. The van der Waals surface area contributed by atoms with Crippen LogP contribution in [0.4, 0.5) is 0 Å². The predicted octanol–water partition coefficient (Wildman–Crippen LogP) is 5.41. The molecule has 0 radical (unpaired) electrons. The van der Waals surface area contributed by atoms with Gasteiger partial charge in [0.15, 0.2) is 5.78 Å². The van der Waals surface area contributed by atoms with Gasteiger partial charge in [-0.15, -0.1) is 6.42 Å². The summed E-state index contributed by atoms with van der Waals surface area (Å²) in [6.07, 6.45) is 10.7. The fraction of sp³-hybridized carbons (Fsp3) is 0.474. The highest BCUT2D eigenvalue weighted by molar-refractivity contribution is 5.99. The molecule has 2 heterocycles. The maximum Gasteiger partial charge on any atom is 0.315 e. The van der Waals surface area contributed by atoms with Crippen molar-refractivity contribution in [2.45, 2.75) is 65.1 Å². The molecule has 8 atom stereocenters. The lowest BCUT2D eigenvalue weighted by atomic mass is 9.42. The van der Waals surface area contributed by atoms with Gasteiger partial charge in [0.1, 0.15) is 5.76 Å². The van der Waals surface area contributed by atoms with E-state index in [4.69, 9.17) is 25.1 Å². The van der Waals surface area contributed by atoms with Crippen LogP contribution in [0, 0.1) is 40.4 Å². The van der Waals surface area contributed by atoms with Crippen molar-refractivity contribution in [2.24, 2.45) is 28.1 Å². The quantitative estimate of drug-likeness (QED) is 0.243. The Kier molecular flexibility index (Phi) is 8.08. The van der Waals surface area contributed by atoms with Gasteiger partial charge < -0.3 is 23.9 Å². The van der Waals surface area contributed by atoms with E-state index < -0.39 is 40.0 Å². The number of carbonyl (C=O) groups excluding carboxylic acids is 4. The summed E-state index contributed by atoms with van der Waals surface area (Å²) in [6, 6.07) is 9.17. The number of carbonyl (C=O) groups is 4. The summed E-state index contributed by atoms with van der Waals surface area (Å²) in [6.45, 7) is 8.10. The maximum atomic E-state index is 14.0. The topological polar surface area (TPSA) is 121 Å². The van der Waals surface area contributed by atoms with Crippen LogP contribution in [0.1, 0.15) is 68.8 Å². The highest BCUT2D eigenvalue weighted by Crippen LogP contribution is 2.70. The van der Waals surface area contributed by atoms with E-state index >= 15 is 0 Å². The Hall–Kier alpha value is -4.42. The Morgan fingerprint density at radius 3 is 2.43 bits per heavy atom. The number of fused-ring (bicyclic) bond motifs is 4. The number of amides is 1. The van der Waals surface area contributed by atoms with E-state index in [9.17, 15) is 19.2 Å². The molecule has 0 bridgehead atoms. The van der Waals surface area contributed by atoms with Crippen LogP contribution in [0.2, 0.25) is 0 Å². The van der Waals surface area contributed by atoms with E-state index in [0.29, 0.717) is 24.2 Å². The van der Waals surface area contributed by atoms with E-state index in [-0.39, 0.29) is 42.8 Å². The molecule has 1 saturated heterocycles. The van der Waals surface area contributed by atoms with Crippen LogP contribution < -0.4 is 5.32 Å². The summed E-state index contributed by atoms with van der Waals surface area (Å²) in [5.41, 5.74) is 1.75. The fourth-order valence-electron chi connectivity index (χ4n) is 9.45. The fourth-order valence-corrected chi connectivity index (χ4v) is 9.45. The number of hydrogen-bond donors (Lipinski definition) is 1. The highest BCUT2D eigenvalue weighted by Gasteiger charge is 2.71. The minimum absolute atomic E-state index is 0.00306. The molecular formula is C38H41NO8. The highest BCUT2D eigenvalue weighted by atomic mass is 16.5. The molecule has 2 fully saturated rings. The molecule has 0 unspecified atom stereocenters. The Morgan fingerprint density at radius 2 is 1.77 bits per heavy atom. The van der Waals surface area contributed by atoms with Crippen molar-refractivity contribution in [3.8, 4) is 23.7 Å². The number of methoxy groups -OCH3 is 2. The zero-order valence-electron chi connectivity index (χ0n) is 27.7. The van der Waals surface area contributed by atoms with Crippen molar-refractivity contribution < 1.29 is 37.8 Å². The van der Waals surface area contributed by atoms with Crippen LogP contribution in [0.15, 0.2) is 64.3 Å². The average molecular weight is 640 g/mol. The van der Waals surface area contributed by atoms with Gasteiger partial charge in [0.2, 0.25) is 0 Å². The molecule has 4 aliphatic rings. The molecule has 3 aliphatic carbocycles. The molecule has 0 spiro atoms. The van der Waals surface area contributed by atoms with Crippen molar-refractivity contribution in [3.05, 3.63) is 71.0 Å². The second kappa shape index (κ2) is 11.7. The molecule has 2 aromatic rings. The van der Waals surface area contributed by atoms with Crippen molar-refractivity contribution in [2.75, 3.05) is 20.8 Å². The average Bonchev–Trinajstić information content (AvgIpc) is 3.76. The monoisotopic (exact) mass is 639 g/mol. The molecule has 1 saturated carbocycles. The van der Waals surface area contributed by atoms with Gasteiger partial charge in [0.25, 0.3) is 5.91 Å². The van der Waals surface area contributed by atoms with Crippen molar-refractivity contribution in [3.63, 3.8) is 0 Å². The van der Waals surface area contributed by atoms with E-state index in [2.05, 4.69) is 25.1 Å². The molecule has 1 amide bonds. The molecule has 1 aromatic heterocycles. The number of hydrogen-bond acceptors (Lipinski definition) is 8. The number of ketones is 1. The first-order valence-corrected chi connectivity index (χ1v) is 16.0. The number of ether oxygens (including phenoxy) is 3. The van der Waals surface area contributed by atoms with E-state index in [1.807, 2.05) is 32.0 Å². The first-order valence-electron chi connectivity index (χ1n) is 16.0. The smallest absolute Gasteiger partial charge is 0.315 e. The summed E-state index contributed by atoms with van der Waals surface area (Å²) in [4.78, 5) is 52.7. The van der Waals surface area contributed by atoms with Crippen LogP contribution in [0.5, 0.6) is 0 Å². The normalized spacial score (nSPS) is 33.8. The Labute approximate surface area is 275 Å². The summed E-state index contributed by atoms with van der Waals surface area (Å²) in [5, 5.41) is 2.67. The molecule has 9 nitrogen and oxygen atoms in total. The molecule has 9 heteroatoms. The number of terminal acetylenes is 1.